The van der Waals surface area contributed by atoms with Gasteiger partial charge < -0.3 is 19.7 Å². The Morgan fingerprint density at radius 3 is 2.14 bits per heavy atom. The third kappa shape index (κ3) is 10.7. The average molecular weight is 489 g/mol. The molecule has 0 aliphatic carbocycles. The fourth-order valence-electron chi connectivity index (χ4n) is 4.23. The fraction of sp³-hybridized carbons (Fsp3) is 0.679. The van der Waals surface area contributed by atoms with Crippen molar-refractivity contribution in [2.45, 2.75) is 96.9 Å². The van der Waals surface area contributed by atoms with Crippen LogP contribution in [0.1, 0.15) is 101 Å². The summed E-state index contributed by atoms with van der Waals surface area (Å²) in [6.45, 7) is 5.96. The Morgan fingerprint density at radius 1 is 0.886 bits per heavy atom. The smallest absolute Gasteiger partial charge is 0.308 e. The van der Waals surface area contributed by atoms with E-state index in [4.69, 9.17) is 9.47 Å². The van der Waals surface area contributed by atoms with E-state index in [9.17, 15) is 14.4 Å². The van der Waals surface area contributed by atoms with E-state index in [-0.39, 0.29) is 18.2 Å². The first kappa shape index (κ1) is 28.7. The number of carbonyl (C=O) groups is 3. The molecule has 0 bridgehead atoms. The summed E-state index contributed by atoms with van der Waals surface area (Å²) in [5.41, 5.74) is 0.465. The standard InChI is InChI=1S/C28H44N2O5/c1-3-5-6-7-8-9-10-11-12-13-21-35-26(31)22-25-27(32)29-18-19-30(25)28(33)23-14-16-24(17-15-23)34-20-4-2/h14-17,25H,3-13,18-22H2,1-2H3,(H,29,32). The molecule has 0 aromatic heterocycles. The van der Waals surface area contributed by atoms with Gasteiger partial charge in [-0.1, -0.05) is 71.6 Å². The highest BCUT2D eigenvalue weighted by Crippen LogP contribution is 2.18. The number of unbranched alkanes of at least 4 members (excludes halogenated alkanes) is 9. The number of hydrogen-bond acceptors (Lipinski definition) is 5. The highest BCUT2D eigenvalue weighted by Gasteiger charge is 2.35. The first-order chi connectivity index (χ1) is 17.1. The summed E-state index contributed by atoms with van der Waals surface area (Å²) >= 11 is 0. The quantitative estimate of drug-likeness (QED) is 0.238. The van der Waals surface area contributed by atoms with E-state index in [0.29, 0.717) is 37.6 Å². The van der Waals surface area contributed by atoms with E-state index in [2.05, 4.69) is 12.2 Å². The summed E-state index contributed by atoms with van der Waals surface area (Å²) in [5, 5.41) is 2.76. The van der Waals surface area contributed by atoms with E-state index < -0.39 is 12.0 Å². The lowest BCUT2D eigenvalue weighted by Gasteiger charge is -2.34. The SMILES string of the molecule is CCCCCCCCCCCCOC(=O)CC1C(=O)NCCN1C(=O)c1ccc(OCCC)cc1. The number of piperazine rings is 1. The van der Waals surface area contributed by atoms with Gasteiger partial charge in [-0.2, -0.15) is 0 Å². The van der Waals surface area contributed by atoms with Crippen LogP contribution in [0, 0.1) is 0 Å². The zero-order valence-corrected chi connectivity index (χ0v) is 21.7. The molecule has 1 aromatic carbocycles. The lowest BCUT2D eigenvalue weighted by Crippen LogP contribution is -2.57. The fourth-order valence-corrected chi connectivity index (χ4v) is 4.23. The summed E-state index contributed by atoms with van der Waals surface area (Å²) in [6, 6.07) is 6.04. The third-order valence-corrected chi connectivity index (χ3v) is 6.29. The number of hydrogen-bond donors (Lipinski definition) is 1. The van der Waals surface area contributed by atoms with Gasteiger partial charge in [-0.3, -0.25) is 14.4 Å². The van der Waals surface area contributed by atoms with Gasteiger partial charge >= 0.3 is 5.97 Å². The molecular formula is C28H44N2O5. The highest BCUT2D eigenvalue weighted by molar-refractivity contribution is 5.99. The molecule has 1 N–H and O–H groups in total. The van der Waals surface area contributed by atoms with Crippen LogP contribution in [0.3, 0.4) is 0 Å². The van der Waals surface area contributed by atoms with E-state index in [1.807, 2.05) is 6.92 Å². The van der Waals surface area contributed by atoms with Gasteiger partial charge in [0, 0.05) is 18.7 Å². The molecule has 196 valence electrons. The van der Waals surface area contributed by atoms with Crippen molar-refractivity contribution in [3.05, 3.63) is 29.8 Å². The summed E-state index contributed by atoms with van der Waals surface area (Å²) in [7, 11) is 0. The molecule has 1 aromatic rings. The second kappa shape index (κ2) is 17.0. The summed E-state index contributed by atoms with van der Waals surface area (Å²) in [4.78, 5) is 39.4. The molecule has 0 spiro atoms. The van der Waals surface area contributed by atoms with Gasteiger partial charge in [-0.05, 0) is 37.1 Å². The molecule has 2 amide bonds. The van der Waals surface area contributed by atoms with Gasteiger partial charge in [0.2, 0.25) is 5.91 Å². The number of nitrogens with one attached hydrogen (secondary N) is 1. The highest BCUT2D eigenvalue weighted by atomic mass is 16.5. The molecule has 7 heteroatoms. The number of amides is 2. The van der Waals surface area contributed by atoms with E-state index in [1.165, 1.54) is 49.8 Å². The first-order valence-corrected chi connectivity index (χ1v) is 13.5. The second-order valence-electron chi connectivity index (χ2n) is 9.28. The average Bonchev–Trinajstić information content (AvgIpc) is 2.87. The Hall–Kier alpha value is -2.57. The zero-order chi connectivity index (χ0) is 25.3. The molecule has 1 aliphatic rings. The van der Waals surface area contributed by atoms with Crippen LogP contribution >= 0.6 is 0 Å². The van der Waals surface area contributed by atoms with Crippen LogP contribution in [0.2, 0.25) is 0 Å². The Balaban J connectivity index is 1.72. The minimum absolute atomic E-state index is 0.132. The molecule has 1 heterocycles. The molecule has 0 radical (unpaired) electrons. The summed E-state index contributed by atoms with van der Waals surface area (Å²) in [5.74, 6) is -0.325. The number of ether oxygens (including phenoxy) is 2. The van der Waals surface area contributed by atoms with Crippen molar-refractivity contribution in [2.24, 2.45) is 0 Å². The maximum absolute atomic E-state index is 13.1. The Bertz CT molecular complexity index is 765. The van der Waals surface area contributed by atoms with E-state index in [1.54, 1.807) is 24.3 Å². The normalized spacial score (nSPS) is 15.5. The molecule has 1 fully saturated rings. The van der Waals surface area contributed by atoms with Crippen LogP contribution < -0.4 is 10.1 Å². The van der Waals surface area contributed by atoms with Gasteiger partial charge in [0.25, 0.3) is 5.91 Å². The van der Waals surface area contributed by atoms with E-state index in [0.717, 1.165) is 25.7 Å². The minimum atomic E-state index is -0.854. The summed E-state index contributed by atoms with van der Waals surface area (Å²) in [6.07, 6.45) is 12.9. The number of benzene rings is 1. The summed E-state index contributed by atoms with van der Waals surface area (Å²) < 4.78 is 10.9. The Labute approximate surface area is 210 Å². The Morgan fingerprint density at radius 2 is 1.51 bits per heavy atom. The monoisotopic (exact) mass is 488 g/mol. The van der Waals surface area contributed by atoms with Crippen LogP contribution in [-0.2, 0) is 14.3 Å². The van der Waals surface area contributed by atoms with Crippen LogP contribution in [0.25, 0.3) is 0 Å². The molecule has 2 rings (SSSR count). The zero-order valence-electron chi connectivity index (χ0n) is 21.7. The van der Waals surface area contributed by atoms with Crippen molar-refractivity contribution in [2.75, 3.05) is 26.3 Å². The van der Waals surface area contributed by atoms with Crippen molar-refractivity contribution in [3.8, 4) is 5.75 Å². The van der Waals surface area contributed by atoms with Gasteiger partial charge in [-0.15, -0.1) is 0 Å². The maximum Gasteiger partial charge on any atom is 0.308 e. The predicted molar refractivity (Wildman–Crippen MR) is 137 cm³/mol. The maximum atomic E-state index is 13.1. The van der Waals surface area contributed by atoms with Crippen LogP contribution in [0.4, 0.5) is 0 Å². The lowest BCUT2D eigenvalue weighted by atomic mass is 10.1. The molecule has 35 heavy (non-hydrogen) atoms. The largest absolute Gasteiger partial charge is 0.494 e. The van der Waals surface area contributed by atoms with Gasteiger partial charge in [0.05, 0.1) is 19.6 Å². The Kier molecular flexibility index (Phi) is 13.9. The van der Waals surface area contributed by atoms with Crippen molar-refractivity contribution in [1.82, 2.24) is 10.2 Å². The molecule has 0 saturated carbocycles. The minimum Gasteiger partial charge on any atom is -0.494 e. The lowest BCUT2D eigenvalue weighted by molar-refractivity contribution is -0.147. The molecule has 1 unspecified atom stereocenters. The predicted octanol–water partition coefficient (Wildman–Crippen LogP) is 5.27. The topological polar surface area (TPSA) is 84.9 Å². The van der Waals surface area contributed by atoms with Crippen molar-refractivity contribution in [3.63, 3.8) is 0 Å². The van der Waals surface area contributed by atoms with E-state index >= 15 is 0 Å². The molecule has 7 nitrogen and oxygen atoms in total. The first-order valence-electron chi connectivity index (χ1n) is 13.5. The van der Waals surface area contributed by atoms with Crippen LogP contribution in [0.5, 0.6) is 5.75 Å². The van der Waals surface area contributed by atoms with Crippen molar-refractivity contribution in [1.29, 1.82) is 0 Å². The van der Waals surface area contributed by atoms with Gasteiger partial charge in [0.15, 0.2) is 0 Å². The number of nitrogens with zero attached hydrogens (tertiary/aromatic N) is 1. The van der Waals surface area contributed by atoms with Gasteiger partial charge in [-0.25, -0.2) is 0 Å². The second-order valence-corrected chi connectivity index (χ2v) is 9.28. The molecule has 1 saturated heterocycles. The number of rotatable bonds is 17. The third-order valence-electron chi connectivity index (χ3n) is 6.29. The van der Waals surface area contributed by atoms with Gasteiger partial charge in [0.1, 0.15) is 11.8 Å². The van der Waals surface area contributed by atoms with Crippen molar-refractivity contribution < 1.29 is 23.9 Å². The van der Waals surface area contributed by atoms with Crippen LogP contribution in [0.15, 0.2) is 24.3 Å². The molecular weight excluding hydrogens is 444 g/mol. The van der Waals surface area contributed by atoms with Crippen molar-refractivity contribution >= 4 is 17.8 Å². The molecule has 1 aliphatic heterocycles. The number of carbonyl (C=O) groups excluding carboxylic acids is 3. The number of esters is 1. The molecule has 1 atom stereocenters. The van der Waals surface area contributed by atoms with Crippen LogP contribution in [-0.4, -0.2) is 55.0 Å².